The predicted octanol–water partition coefficient (Wildman–Crippen LogP) is 1.25. The first-order chi connectivity index (χ1) is 7.21. The van der Waals surface area contributed by atoms with Gasteiger partial charge in [0.25, 0.3) is 0 Å². The topological polar surface area (TPSA) is 66.8 Å². The lowest BCUT2D eigenvalue weighted by Gasteiger charge is -2.11. The van der Waals surface area contributed by atoms with E-state index in [9.17, 15) is 4.79 Å². The number of rotatable bonds is 3. The van der Waals surface area contributed by atoms with Crippen LogP contribution in [-0.2, 0) is 9.59 Å². The van der Waals surface area contributed by atoms with Crippen LogP contribution in [0, 0.1) is 0 Å². The van der Waals surface area contributed by atoms with Gasteiger partial charge in [-0.25, -0.2) is 0 Å². The van der Waals surface area contributed by atoms with Gasteiger partial charge in [-0.05, 0) is 19.1 Å². The van der Waals surface area contributed by atoms with Crippen LogP contribution in [0.3, 0.4) is 0 Å². The molecule has 1 N–H and O–H groups in total. The zero-order valence-corrected chi connectivity index (χ0v) is 8.58. The first-order valence-electron chi connectivity index (χ1n) is 4.17. The third-order valence-corrected chi connectivity index (χ3v) is 1.43. The Balaban J connectivity index is 0.000000583. The van der Waals surface area contributed by atoms with Gasteiger partial charge >= 0.3 is 0 Å². The summed E-state index contributed by atoms with van der Waals surface area (Å²) in [5.41, 5.74) is 0.329. The summed E-state index contributed by atoms with van der Waals surface area (Å²) in [6.45, 7) is 1.44. The smallest absolute Gasteiger partial charge is 0.238 e. The lowest BCUT2D eigenvalue weighted by atomic mass is 10.3. The molecule has 0 fully saturated rings. The number of benzene rings is 1. The van der Waals surface area contributed by atoms with Gasteiger partial charge in [0, 0.05) is 0 Å². The van der Waals surface area contributed by atoms with Crippen molar-refractivity contribution < 1.29 is 19.5 Å². The second-order valence-electron chi connectivity index (χ2n) is 2.36. The number of anilines is 1. The van der Waals surface area contributed by atoms with E-state index in [-0.39, 0.29) is 0 Å². The monoisotopic (exact) mass is 211 g/mol. The van der Waals surface area contributed by atoms with Crippen LogP contribution in [0.1, 0.15) is 6.92 Å². The van der Waals surface area contributed by atoms with E-state index < -0.39 is 0 Å². The Morgan fingerprint density at radius 3 is 2.33 bits per heavy atom. The van der Waals surface area contributed by atoms with Crippen molar-refractivity contribution in [3.8, 4) is 5.75 Å². The molecular formula is C10H13NO4. The molecule has 1 rings (SSSR count). The van der Waals surface area contributed by atoms with Gasteiger partial charge in [0.2, 0.25) is 6.41 Å². The highest BCUT2D eigenvalue weighted by Crippen LogP contribution is 2.25. The van der Waals surface area contributed by atoms with E-state index in [2.05, 4.69) is 0 Å². The number of amides is 1. The molecule has 0 aliphatic carbocycles. The summed E-state index contributed by atoms with van der Waals surface area (Å²) in [6.07, 6.45) is 1.05. The average Bonchev–Trinajstić information content (AvgIpc) is 2.29. The van der Waals surface area contributed by atoms with E-state index in [0.717, 1.165) is 6.29 Å². The van der Waals surface area contributed by atoms with E-state index in [1.54, 1.807) is 24.3 Å². The number of carbonyl (C=O) groups excluding carboxylic acids is 2. The van der Waals surface area contributed by atoms with E-state index >= 15 is 0 Å². The largest absolute Gasteiger partial charge is 0.494 e. The lowest BCUT2D eigenvalue weighted by molar-refractivity contribution is -0.111. The van der Waals surface area contributed by atoms with Gasteiger partial charge in [-0.1, -0.05) is 12.1 Å². The molecule has 1 aromatic carbocycles. The highest BCUT2D eigenvalue weighted by Gasteiger charge is 2.06. The Morgan fingerprint density at radius 1 is 1.33 bits per heavy atom. The van der Waals surface area contributed by atoms with Crippen molar-refractivity contribution in [1.82, 2.24) is 0 Å². The van der Waals surface area contributed by atoms with Gasteiger partial charge in [-0.2, -0.15) is 5.06 Å². The van der Waals surface area contributed by atoms with Gasteiger partial charge in [-0.15, -0.1) is 0 Å². The number of nitrogens with zero attached hydrogens (tertiary/aromatic N) is 1. The molecule has 0 aliphatic heterocycles. The number of para-hydroxylation sites is 2. The fourth-order valence-electron chi connectivity index (χ4n) is 0.876. The Morgan fingerprint density at radius 2 is 1.87 bits per heavy atom. The molecule has 0 saturated carbocycles. The van der Waals surface area contributed by atoms with Crippen molar-refractivity contribution in [2.24, 2.45) is 0 Å². The summed E-state index contributed by atoms with van der Waals surface area (Å²) >= 11 is 0. The zero-order valence-electron chi connectivity index (χ0n) is 8.58. The van der Waals surface area contributed by atoms with Crippen LogP contribution in [0.15, 0.2) is 24.3 Å². The number of hydrogen-bond donors (Lipinski definition) is 1. The van der Waals surface area contributed by atoms with Gasteiger partial charge < -0.3 is 9.53 Å². The van der Waals surface area contributed by atoms with Crippen molar-refractivity contribution in [3.05, 3.63) is 24.3 Å². The van der Waals surface area contributed by atoms with Crippen molar-refractivity contribution in [2.75, 3.05) is 12.2 Å². The van der Waals surface area contributed by atoms with Crippen LogP contribution in [0.5, 0.6) is 5.75 Å². The van der Waals surface area contributed by atoms with Crippen LogP contribution in [0.25, 0.3) is 0 Å². The first-order valence-corrected chi connectivity index (χ1v) is 4.17. The summed E-state index contributed by atoms with van der Waals surface area (Å²) in [5, 5.41) is 9.50. The zero-order chi connectivity index (χ0) is 11.7. The summed E-state index contributed by atoms with van der Waals surface area (Å²) < 4.78 is 4.91. The maximum atomic E-state index is 10.2. The lowest BCUT2D eigenvalue weighted by Crippen LogP contribution is -2.15. The molecule has 0 atom stereocenters. The summed E-state index contributed by atoms with van der Waals surface area (Å²) in [4.78, 5) is 19.0. The predicted molar refractivity (Wildman–Crippen MR) is 55.1 cm³/mol. The molecule has 0 aliphatic rings. The van der Waals surface area contributed by atoms with Crippen molar-refractivity contribution in [3.63, 3.8) is 0 Å². The SMILES string of the molecule is CC=O.COc1ccccc1N(O)C=O. The van der Waals surface area contributed by atoms with Crippen molar-refractivity contribution >= 4 is 18.4 Å². The third-order valence-electron chi connectivity index (χ3n) is 1.43. The molecule has 0 bridgehead atoms. The Bertz CT molecular complexity index is 314. The number of aldehydes is 1. The van der Waals surface area contributed by atoms with Crippen LogP contribution >= 0.6 is 0 Å². The molecule has 15 heavy (non-hydrogen) atoms. The minimum absolute atomic E-state index is 0.303. The molecule has 1 aromatic rings. The van der Waals surface area contributed by atoms with Gasteiger partial charge in [0.1, 0.15) is 17.7 Å². The van der Waals surface area contributed by atoms with E-state index in [0.29, 0.717) is 22.9 Å². The summed E-state index contributed by atoms with van der Waals surface area (Å²) in [5.74, 6) is 0.451. The normalized spacial score (nSPS) is 8.20. The van der Waals surface area contributed by atoms with Crippen LogP contribution < -0.4 is 9.80 Å². The highest BCUT2D eigenvalue weighted by molar-refractivity contribution is 5.75. The van der Waals surface area contributed by atoms with Crippen molar-refractivity contribution in [2.45, 2.75) is 6.92 Å². The first kappa shape index (κ1) is 13.1. The molecule has 0 saturated heterocycles. The van der Waals surface area contributed by atoms with Crippen LogP contribution in [0.4, 0.5) is 5.69 Å². The van der Waals surface area contributed by atoms with Gasteiger partial charge in [0.05, 0.1) is 7.11 Å². The Hall–Kier alpha value is -1.88. The maximum absolute atomic E-state index is 10.2. The molecule has 5 nitrogen and oxygen atoms in total. The standard InChI is InChI=1S/C8H9NO3.C2H4O/c1-12-8-5-3-2-4-7(8)9(11)6-10;1-2-3/h2-6,11H,1H3;2H,1H3. The molecule has 5 heteroatoms. The average molecular weight is 211 g/mol. The van der Waals surface area contributed by atoms with Gasteiger partial charge in [-0.3, -0.25) is 10.0 Å². The maximum Gasteiger partial charge on any atom is 0.238 e. The second kappa shape index (κ2) is 7.52. The molecule has 0 heterocycles. The van der Waals surface area contributed by atoms with E-state index in [1.807, 2.05) is 0 Å². The Labute approximate surface area is 87.8 Å². The molecule has 82 valence electrons. The van der Waals surface area contributed by atoms with Gasteiger partial charge in [0.15, 0.2) is 0 Å². The molecule has 0 aromatic heterocycles. The number of hydroxylamine groups is 1. The summed E-state index contributed by atoms with van der Waals surface area (Å²) in [6, 6.07) is 6.68. The van der Waals surface area contributed by atoms with Crippen molar-refractivity contribution in [1.29, 1.82) is 0 Å². The molecule has 0 radical (unpaired) electrons. The fourth-order valence-corrected chi connectivity index (χ4v) is 0.876. The number of carbonyl (C=O) groups is 2. The molecule has 1 amide bonds. The summed E-state index contributed by atoms with van der Waals surface area (Å²) in [7, 11) is 1.47. The minimum atomic E-state index is 0.303. The number of methoxy groups -OCH3 is 1. The molecule has 0 unspecified atom stereocenters. The third kappa shape index (κ3) is 4.24. The highest BCUT2D eigenvalue weighted by atomic mass is 16.5. The minimum Gasteiger partial charge on any atom is -0.494 e. The second-order valence-corrected chi connectivity index (χ2v) is 2.36. The Kier molecular flexibility index (Phi) is 6.57. The quantitative estimate of drug-likeness (QED) is 0.464. The van der Waals surface area contributed by atoms with Crippen LogP contribution in [-0.4, -0.2) is 25.0 Å². The van der Waals surface area contributed by atoms with Crippen LogP contribution in [0.2, 0.25) is 0 Å². The molecule has 0 spiro atoms. The number of hydrogen-bond acceptors (Lipinski definition) is 4. The molecular weight excluding hydrogens is 198 g/mol. The van der Waals surface area contributed by atoms with E-state index in [1.165, 1.54) is 14.0 Å². The fraction of sp³-hybridized carbons (Fsp3) is 0.200. The van der Waals surface area contributed by atoms with E-state index in [4.69, 9.17) is 14.7 Å². The number of ether oxygens (including phenoxy) is 1.